The molecule has 0 bridgehead atoms. The van der Waals surface area contributed by atoms with Crippen LogP contribution in [0, 0.1) is 0 Å². The number of benzene rings is 1. The van der Waals surface area contributed by atoms with Crippen molar-refractivity contribution in [1.82, 2.24) is 5.32 Å². The molecule has 74 valence electrons. The van der Waals surface area contributed by atoms with E-state index in [-0.39, 0.29) is 18.5 Å². The van der Waals surface area contributed by atoms with Crippen LogP contribution in [0.15, 0.2) is 29.2 Å². The Morgan fingerprint density at radius 2 is 2.36 bits per heavy atom. The molecule has 1 aliphatic rings. The summed E-state index contributed by atoms with van der Waals surface area (Å²) in [6.45, 7) is 0.0589. The number of carbonyl (C=O) groups excluding carboxylic acids is 1. The maximum absolute atomic E-state index is 11.1. The third-order valence-electron chi connectivity index (χ3n) is 2.22. The number of nitrogens with one attached hydrogen (secondary N) is 1. The number of carbonyl (C=O) groups is 1. The molecule has 0 saturated heterocycles. The molecule has 0 aromatic heterocycles. The molecule has 4 heteroatoms. The number of rotatable bonds is 2. The van der Waals surface area contributed by atoms with Crippen molar-refractivity contribution >= 4 is 17.7 Å². The van der Waals surface area contributed by atoms with Crippen molar-refractivity contribution in [2.45, 2.75) is 10.9 Å². The van der Waals surface area contributed by atoms with Crippen LogP contribution in [-0.2, 0) is 4.79 Å². The van der Waals surface area contributed by atoms with Crippen molar-refractivity contribution in [3.05, 3.63) is 29.8 Å². The molecule has 1 aromatic rings. The summed E-state index contributed by atoms with van der Waals surface area (Å²) in [5.41, 5.74) is 6.46. The van der Waals surface area contributed by atoms with Crippen LogP contribution in [-0.4, -0.2) is 18.2 Å². The lowest BCUT2D eigenvalue weighted by molar-refractivity contribution is -0.120. The molecule has 1 atom stereocenters. The number of hydrogen-bond donors (Lipinski definition) is 2. The number of thioether (sulfide) groups is 1. The lowest BCUT2D eigenvalue weighted by atomic mass is 10.1. The third-order valence-corrected chi connectivity index (χ3v) is 3.40. The van der Waals surface area contributed by atoms with Crippen LogP contribution >= 0.6 is 11.8 Å². The van der Waals surface area contributed by atoms with E-state index in [2.05, 4.69) is 17.4 Å². The summed E-state index contributed by atoms with van der Waals surface area (Å²) in [7, 11) is 0. The molecular weight excluding hydrogens is 196 g/mol. The van der Waals surface area contributed by atoms with E-state index in [4.69, 9.17) is 5.73 Å². The summed E-state index contributed by atoms with van der Waals surface area (Å²) >= 11 is 1.77. The van der Waals surface area contributed by atoms with E-state index < -0.39 is 0 Å². The molecule has 1 aliphatic heterocycles. The predicted octanol–water partition coefficient (Wildman–Crippen LogP) is 0.908. The molecule has 0 spiro atoms. The molecule has 0 aliphatic carbocycles. The van der Waals surface area contributed by atoms with E-state index in [1.165, 1.54) is 10.5 Å². The lowest BCUT2D eigenvalue weighted by Crippen LogP contribution is -2.33. The molecule has 3 N–H and O–H groups in total. The van der Waals surface area contributed by atoms with Crippen LogP contribution in [0.5, 0.6) is 0 Å². The maximum atomic E-state index is 11.1. The molecular formula is C10H12N2OS. The Balaban J connectivity index is 2.14. The van der Waals surface area contributed by atoms with E-state index in [1.807, 2.05) is 12.1 Å². The molecule has 0 fully saturated rings. The topological polar surface area (TPSA) is 55.1 Å². The molecule has 0 saturated carbocycles. The maximum Gasteiger partial charge on any atom is 0.234 e. The van der Waals surface area contributed by atoms with Crippen molar-refractivity contribution in [2.75, 3.05) is 12.3 Å². The molecule has 14 heavy (non-hydrogen) atoms. The number of fused-ring (bicyclic) bond motifs is 1. The van der Waals surface area contributed by atoms with Gasteiger partial charge in [0.1, 0.15) is 0 Å². The van der Waals surface area contributed by atoms with Crippen molar-refractivity contribution in [2.24, 2.45) is 5.73 Å². The van der Waals surface area contributed by atoms with Crippen LogP contribution in [0.3, 0.4) is 0 Å². The van der Waals surface area contributed by atoms with Crippen molar-refractivity contribution in [3.63, 3.8) is 0 Å². The third kappa shape index (κ3) is 1.76. The fourth-order valence-corrected chi connectivity index (χ4v) is 2.70. The van der Waals surface area contributed by atoms with Gasteiger partial charge in [0, 0.05) is 10.6 Å². The average molecular weight is 208 g/mol. The zero-order valence-electron chi connectivity index (χ0n) is 7.69. The van der Waals surface area contributed by atoms with Crippen molar-refractivity contribution in [1.29, 1.82) is 0 Å². The molecule has 1 heterocycles. The minimum atomic E-state index is -0.0905. The minimum Gasteiger partial charge on any atom is -0.347 e. The normalized spacial score (nSPS) is 19.1. The van der Waals surface area contributed by atoms with Crippen molar-refractivity contribution < 1.29 is 4.79 Å². The highest BCUT2D eigenvalue weighted by molar-refractivity contribution is 7.99. The number of amides is 1. The lowest BCUT2D eigenvalue weighted by Gasteiger charge is -2.11. The van der Waals surface area contributed by atoms with E-state index in [0.717, 1.165) is 5.75 Å². The van der Waals surface area contributed by atoms with Gasteiger partial charge in [0.05, 0.1) is 12.6 Å². The molecule has 1 unspecified atom stereocenters. The highest BCUT2D eigenvalue weighted by Gasteiger charge is 2.23. The molecule has 0 radical (unpaired) electrons. The van der Waals surface area contributed by atoms with Gasteiger partial charge in [-0.2, -0.15) is 0 Å². The van der Waals surface area contributed by atoms with E-state index >= 15 is 0 Å². The van der Waals surface area contributed by atoms with Gasteiger partial charge in [-0.1, -0.05) is 18.2 Å². The second-order valence-corrected chi connectivity index (χ2v) is 4.23. The van der Waals surface area contributed by atoms with E-state index in [9.17, 15) is 4.79 Å². The van der Waals surface area contributed by atoms with Crippen LogP contribution in [0.4, 0.5) is 0 Å². The second-order valence-electron chi connectivity index (χ2n) is 3.17. The van der Waals surface area contributed by atoms with E-state index in [0.29, 0.717) is 0 Å². The summed E-state index contributed by atoms with van der Waals surface area (Å²) < 4.78 is 0. The van der Waals surface area contributed by atoms with E-state index in [1.54, 1.807) is 11.8 Å². The Morgan fingerprint density at radius 3 is 3.14 bits per heavy atom. The summed E-state index contributed by atoms with van der Waals surface area (Å²) in [4.78, 5) is 12.4. The number of hydrogen-bond acceptors (Lipinski definition) is 3. The first-order chi connectivity index (χ1) is 6.81. The fraction of sp³-hybridized carbons (Fsp3) is 0.300. The first kappa shape index (κ1) is 9.55. The monoisotopic (exact) mass is 208 g/mol. The van der Waals surface area contributed by atoms with Gasteiger partial charge in [0.25, 0.3) is 0 Å². The summed E-state index contributed by atoms with van der Waals surface area (Å²) in [5, 5.41) is 2.90. The highest BCUT2D eigenvalue weighted by atomic mass is 32.2. The van der Waals surface area contributed by atoms with Crippen LogP contribution in [0.2, 0.25) is 0 Å². The molecule has 3 nitrogen and oxygen atoms in total. The van der Waals surface area contributed by atoms with Gasteiger partial charge in [0.2, 0.25) is 5.91 Å². The van der Waals surface area contributed by atoms with Gasteiger partial charge < -0.3 is 11.1 Å². The Bertz CT molecular complexity index is 354. The largest absolute Gasteiger partial charge is 0.347 e. The first-order valence-electron chi connectivity index (χ1n) is 4.52. The van der Waals surface area contributed by atoms with Gasteiger partial charge in [-0.15, -0.1) is 11.8 Å². The van der Waals surface area contributed by atoms with Crippen LogP contribution in [0.25, 0.3) is 0 Å². The van der Waals surface area contributed by atoms with Gasteiger partial charge in [-0.3, -0.25) is 4.79 Å². The second kappa shape index (κ2) is 4.02. The highest BCUT2D eigenvalue weighted by Crippen LogP contribution is 2.37. The molecule has 1 aromatic carbocycles. The van der Waals surface area contributed by atoms with Gasteiger partial charge in [-0.05, 0) is 11.6 Å². The minimum absolute atomic E-state index is 0.0589. The fourth-order valence-electron chi connectivity index (χ4n) is 1.54. The quantitative estimate of drug-likeness (QED) is 0.759. The zero-order chi connectivity index (χ0) is 9.97. The SMILES string of the molecule is NCC(=O)NC1CSc2ccccc21. The Morgan fingerprint density at radius 1 is 1.57 bits per heavy atom. The molecule has 2 rings (SSSR count). The van der Waals surface area contributed by atoms with Crippen LogP contribution in [0.1, 0.15) is 11.6 Å². The van der Waals surface area contributed by atoms with Crippen molar-refractivity contribution in [3.8, 4) is 0 Å². The Kier molecular flexibility index (Phi) is 2.74. The zero-order valence-corrected chi connectivity index (χ0v) is 8.51. The average Bonchev–Trinajstić information content (AvgIpc) is 2.62. The summed E-state index contributed by atoms with van der Waals surface area (Å²) in [6.07, 6.45) is 0. The van der Waals surface area contributed by atoms with Gasteiger partial charge >= 0.3 is 0 Å². The van der Waals surface area contributed by atoms with Gasteiger partial charge in [0.15, 0.2) is 0 Å². The number of nitrogens with two attached hydrogens (primary N) is 1. The van der Waals surface area contributed by atoms with Gasteiger partial charge in [-0.25, -0.2) is 0 Å². The Labute approximate surface area is 87.1 Å². The summed E-state index contributed by atoms with van der Waals surface area (Å²) in [6, 6.07) is 8.27. The molecule has 1 amide bonds. The first-order valence-corrected chi connectivity index (χ1v) is 5.51. The summed E-state index contributed by atoms with van der Waals surface area (Å²) in [5.74, 6) is 0.817. The Hall–Kier alpha value is -1.00. The smallest absolute Gasteiger partial charge is 0.234 e. The van der Waals surface area contributed by atoms with Crippen LogP contribution < -0.4 is 11.1 Å². The predicted molar refractivity (Wildman–Crippen MR) is 57.1 cm³/mol. The standard InChI is InChI=1S/C10H12N2OS/c11-5-10(13)12-8-6-14-9-4-2-1-3-7(8)9/h1-4,8H,5-6,11H2,(H,12,13).